The van der Waals surface area contributed by atoms with Crippen molar-refractivity contribution in [3.05, 3.63) is 53.8 Å². The maximum Gasteiger partial charge on any atom is 0.238 e. The maximum atomic E-state index is 14.2. The fourth-order valence-electron chi connectivity index (χ4n) is 3.43. The monoisotopic (exact) mass is 431 g/mol. The molecule has 1 aliphatic heterocycles. The summed E-state index contributed by atoms with van der Waals surface area (Å²) in [5.74, 6) is -1.59. The smallest absolute Gasteiger partial charge is 0.238 e. The van der Waals surface area contributed by atoms with E-state index in [0.717, 1.165) is 0 Å². The number of H-pyrrole nitrogens is 1. The lowest BCUT2D eigenvalue weighted by molar-refractivity contribution is -0.126. The van der Waals surface area contributed by atoms with Gasteiger partial charge in [-0.1, -0.05) is 18.2 Å². The van der Waals surface area contributed by atoms with Crippen LogP contribution in [0.25, 0.3) is 10.9 Å². The molecule has 0 unspecified atom stereocenters. The first-order valence-electron chi connectivity index (χ1n) is 9.06. The van der Waals surface area contributed by atoms with Gasteiger partial charge in [-0.05, 0) is 29.8 Å². The van der Waals surface area contributed by atoms with Crippen LogP contribution in [0.4, 0.5) is 10.2 Å². The van der Waals surface area contributed by atoms with Gasteiger partial charge in [0, 0.05) is 19.5 Å². The van der Waals surface area contributed by atoms with Crippen LogP contribution in [0.2, 0.25) is 0 Å². The summed E-state index contributed by atoms with van der Waals surface area (Å²) >= 11 is 0. The Hall–Kier alpha value is -3.31. The number of anilines is 1. The molecule has 9 nitrogen and oxygen atoms in total. The summed E-state index contributed by atoms with van der Waals surface area (Å²) in [5, 5.41) is 14.7. The van der Waals surface area contributed by atoms with Gasteiger partial charge in [-0.3, -0.25) is 19.6 Å². The minimum Gasteiger partial charge on any atom is -0.352 e. The van der Waals surface area contributed by atoms with Crippen LogP contribution in [-0.2, 0) is 26.2 Å². The highest BCUT2D eigenvalue weighted by atomic mass is 32.2. The van der Waals surface area contributed by atoms with Crippen LogP contribution in [0.1, 0.15) is 12.0 Å². The number of halogens is 1. The average molecular weight is 431 g/mol. The summed E-state index contributed by atoms with van der Waals surface area (Å²) in [6.45, 7) is 0.248. The Morgan fingerprint density at radius 3 is 2.70 bits per heavy atom. The van der Waals surface area contributed by atoms with Crippen LogP contribution in [0.15, 0.2) is 47.4 Å². The van der Waals surface area contributed by atoms with Gasteiger partial charge in [0.2, 0.25) is 21.8 Å². The Balaban J connectivity index is 1.43. The zero-order valence-electron chi connectivity index (χ0n) is 15.6. The molecule has 1 saturated heterocycles. The zero-order valence-corrected chi connectivity index (χ0v) is 16.4. The van der Waals surface area contributed by atoms with Crippen LogP contribution in [0.5, 0.6) is 0 Å². The zero-order chi connectivity index (χ0) is 21.5. The first-order chi connectivity index (χ1) is 14.2. The van der Waals surface area contributed by atoms with E-state index < -0.39 is 21.8 Å². The average Bonchev–Trinajstić information content (AvgIpc) is 3.30. The number of sulfonamides is 1. The molecule has 0 aliphatic carbocycles. The van der Waals surface area contributed by atoms with Gasteiger partial charge in [-0.2, -0.15) is 5.10 Å². The summed E-state index contributed by atoms with van der Waals surface area (Å²) in [6, 6.07) is 10.3. The van der Waals surface area contributed by atoms with Gasteiger partial charge in [0.15, 0.2) is 5.82 Å². The van der Waals surface area contributed by atoms with E-state index in [4.69, 9.17) is 5.14 Å². The second-order valence-corrected chi connectivity index (χ2v) is 8.58. The lowest BCUT2D eigenvalue weighted by Gasteiger charge is -2.14. The molecule has 2 amide bonds. The molecule has 3 aromatic rings. The number of carbonyl (C=O) groups excluding carboxylic acids is 2. The van der Waals surface area contributed by atoms with Gasteiger partial charge in [0.25, 0.3) is 0 Å². The first-order valence-corrected chi connectivity index (χ1v) is 10.6. The Morgan fingerprint density at radius 1 is 1.27 bits per heavy atom. The minimum atomic E-state index is -3.78. The summed E-state index contributed by atoms with van der Waals surface area (Å²) in [4.78, 5) is 26.3. The van der Waals surface area contributed by atoms with Crippen molar-refractivity contribution in [2.75, 3.05) is 11.4 Å². The standard InChI is InChI=1S/C19H18FN5O4S/c20-14-2-1-3-15-17(14)18(24-23-15)25-10-12(8-16(25)26)19(27)22-9-11-4-6-13(7-5-11)30(21,28)29/h1-7,12H,8-10H2,(H,22,27)(H,23,24)(H2,21,28,29)/t12-/m1/s1. The quantitative estimate of drug-likeness (QED) is 0.554. The van der Waals surface area contributed by atoms with E-state index in [-0.39, 0.29) is 47.4 Å². The fourth-order valence-corrected chi connectivity index (χ4v) is 3.94. The number of aromatic nitrogens is 2. The molecule has 156 valence electrons. The number of hydrogen-bond donors (Lipinski definition) is 3. The van der Waals surface area contributed by atoms with Crippen molar-refractivity contribution in [1.29, 1.82) is 0 Å². The van der Waals surface area contributed by atoms with Gasteiger partial charge in [-0.15, -0.1) is 0 Å². The topological polar surface area (TPSA) is 138 Å². The summed E-state index contributed by atoms with van der Waals surface area (Å²) in [7, 11) is -3.78. The van der Waals surface area contributed by atoms with Gasteiger partial charge in [0.1, 0.15) is 5.82 Å². The third-order valence-electron chi connectivity index (χ3n) is 4.99. The number of fused-ring (bicyclic) bond motifs is 1. The van der Waals surface area contributed by atoms with E-state index in [0.29, 0.717) is 11.1 Å². The molecule has 1 atom stereocenters. The van der Waals surface area contributed by atoms with Crippen molar-refractivity contribution in [3.8, 4) is 0 Å². The summed E-state index contributed by atoms with van der Waals surface area (Å²) < 4.78 is 36.8. The van der Waals surface area contributed by atoms with E-state index in [1.807, 2.05) is 0 Å². The molecule has 0 bridgehead atoms. The highest BCUT2D eigenvalue weighted by molar-refractivity contribution is 7.89. The predicted molar refractivity (Wildman–Crippen MR) is 106 cm³/mol. The van der Waals surface area contributed by atoms with Crippen LogP contribution >= 0.6 is 0 Å². The van der Waals surface area contributed by atoms with Crippen LogP contribution in [0, 0.1) is 11.7 Å². The summed E-state index contributed by atoms with van der Waals surface area (Å²) in [6.07, 6.45) is -0.0149. The highest BCUT2D eigenvalue weighted by Gasteiger charge is 2.37. The lowest BCUT2D eigenvalue weighted by atomic mass is 10.1. The molecule has 30 heavy (non-hydrogen) atoms. The number of hydrogen-bond acceptors (Lipinski definition) is 5. The highest BCUT2D eigenvalue weighted by Crippen LogP contribution is 2.31. The van der Waals surface area contributed by atoms with Gasteiger partial charge >= 0.3 is 0 Å². The number of nitrogens with zero attached hydrogens (tertiary/aromatic N) is 2. The summed E-state index contributed by atoms with van der Waals surface area (Å²) in [5.41, 5.74) is 1.14. The number of rotatable bonds is 5. The molecular formula is C19H18FN5O4S. The number of aromatic amines is 1. The van der Waals surface area contributed by atoms with Gasteiger partial charge in [-0.25, -0.2) is 17.9 Å². The van der Waals surface area contributed by atoms with Crippen molar-refractivity contribution < 1.29 is 22.4 Å². The van der Waals surface area contributed by atoms with Crippen LogP contribution in [-0.4, -0.2) is 37.0 Å². The molecule has 0 spiro atoms. The Bertz CT molecular complexity index is 1240. The number of carbonyl (C=O) groups is 2. The van der Waals surface area contributed by atoms with Gasteiger partial charge in [0.05, 0.1) is 21.7 Å². The largest absolute Gasteiger partial charge is 0.352 e. The molecule has 1 aromatic heterocycles. The normalized spacial score (nSPS) is 16.9. The van der Waals surface area contributed by atoms with E-state index in [2.05, 4.69) is 15.5 Å². The maximum absolute atomic E-state index is 14.2. The Labute approximate surface area is 171 Å². The Kier molecular flexibility index (Phi) is 5.00. The van der Waals surface area contributed by atoms with Crippen LogP contribution in [0.3, 0.4) is 0 Å². The number of nitrogens with one attached hydrogen (secondary N) is 2. The second-order valence-electron chi connectivity index (χ2n) is 7.02. The van der Waals surface area contributed by atoms with Crippen molar-refractivity contribution in [2.45, 2.75) is 17.9 Å². The van der Waals surface area contributed by atoms with E-state index in [1.54, 1.807) is 18.2 Å². The number of amides is 2. The molecule has 11 heteroatoms. The number of nitrogens with two attached hydrogens (primary N) is 1. The molecule has 0 radical (unpaired) electrons. The molecule has 1 aliphatic rings. The number of primary sulfonamides is 1. The molecular weight excluding hydrogens is 413 g/mol. The SMILES string of the molecule is NS(=O)(=O)c1ccc(CNC(=O)[C@@H]2CC(=O)N(c3n[nH]c4cccc(F)c34)C2)cc1. The van der Waals surface area contributed by atoms with Crippen molar-refractivity contribution in [1.82, 2.24) is 15.5 Å². The van der Waals surface area contributed by atoms with Crippen LogP contribution < -0.4 is 15.4 Å². The number of benzene rings is 2. The molecule has 4 rings (SSSR count). The molecule has 2 heterocycles. The van der Waals surface area contributed by atoms with Gasteiger partial charge < -0.3 is 5.32 Å². The van der Waals surface area contributed by atoms with E-state index >= 15 is 0 Å². The molecule has 1 fully saturated rings. The lowest BCUT2D eigenvalue weighted by Crippen LogP contribution is -2.32. The Morgan fingerprint density at radius 2 is 2.00 bits per heavy atom. The van der Waals surface area contributed by atoms with Crippen molar-refractivity contribution >= 4 is 38.6 Å². The minimum absolute atomic E-state index is 0.0149. The third-order valence-corrected chi connectivity index (χ3v) is 5.92. The third kappa shape index (κ3) is 3.76. The van der Waals surface area contributed by atoms with E-state index in [1.165, 1.54) is 29.2 Å². The van der Waals surface area contributed by atoms with Crippen molar-refractivity contribution in [3.63, 3.8) is 0 Å². The molecule has 4 N–H and O–H groups in total. The predicted octanol–water partition coefficient (Wildman–Crippen LogP) is 1.02. The first kappa shape index (κ1) is 20.0. The van der Waals surface area contributed by atoms with E-state index in [9.17, 15) is 22.4 Å². The molecule has 0 saturated carbocycles. The fraction of sp³-hybridized carbons (Fsp3) is 0.211. The van der Waals surface area contributed by atoms with Crippen molar-refractivity contribution in [2.24, 2.45) is 11.1 Å². The second kappa shape index (κ2) is 7.50. The molecule has 2 aromatic carbocycles.